The molecule has 2 rings (SSSR count). The van der Waals surface area contributed by atoms with Crippen molar-refractivity contribution in [3.8, 4) is 0 Å². The molecular weight excluding hydrogens is 262 g/mol. The van der Waals surface area contributed by atoms with Gasteiger partial charge in [0.25, 0.3) is 0 Å². The normalized spacial score (nSPS) is 29.1. The second kappa shape index (κ2) is 7.10. The average Bonchev–Trinajstić information content (AvgIpc) is 3.01. The van der Waals surface area contributed by atoms with Gasteiger partial charge in [-0.2, -0.15) is 0 Å². The number of likely N-dealkylation sites (N-methyl/N-ethyl adjacent to an activating group) is 1. The third-order valence-electron chi connectivity index (χ3n) is 5.18. The van der Waals surface area contributed by atoms with Crippen molar-refractivity contribution in [2.45, 2.75) is 71.1 Å². The minimum Gasteiger partial charge on any atom is -0.324 e. The Morgan fingerprint density at radius 2 is 1.86 bits per heavy atom. The van der Waals surface area contributed by atoms with Crippen LogP contribution in [0.5, 0.6) is 0 Å². The van der Waals surface area contributed by atoms with Crippen molar-refractivity contribution in [1.29, 1.82) is 0 Å². The van der Waals surface area contributed by atoms with Crippen LogP contribution in [-0.2, 0) is 4.79 Å². The van der Waals surface area contributed by atoms with Gasteiger partial charge in [-0.25, -0.2) is 0 Å². The van der Waals surface area contributed by atoms with Crippen molar-refractivity contribution in [1.82, 2.24) is 15.1 Å². The molecule has 0 aromatic rings. The first kappa shape index (κ1) is 16.8. The van der Waals surface area contributed by atoms with E-state index >= 15 is 0 Å². The molecule has 0 aromatic heterocycles. The highest BCUT2D eigenvalue weighted by atomic mass is 16.2. The monoisotopic (exact) mass is 295 g/mol. The van der Waals surface area contributed by atoms with Crippen molar-refractivity contribution >= 4 is 5.91 Å². The standard InChI is InChI=1S/C17H33N3O/c1-12(2)10-15-17(21)20(11-13(3)19(4)5)16(18-15)14-8-6-7-9-14/h12-16,18H,6-11H2,1-5H3. The van der Waals surface area contributed by atoms with Crippen LogP contribution in [0, 0.1) is 11.8 Å². The third-order valence-corrected chi connectivity index (χ3v) is 5.18. The highest BCUT2D eigenvalue weighted by molar-refractivity contribution is 5.84. The first-order valence-corrected chi connectivity index (χ1v) is 8.63. The largest absolute Gasteiger partial charge is 0.324 e. The molecule has 1 amide bonds. The summed E-state index contributed by atoms with van der Waals surface area (Å²) in [6, 6.07) is 0.433. The first-order valence-electron chi connectivity index (χ1n) is 8.63. The molecule has 1 heterocycles. The molecule has 1 aliphatic heterocycles. The maximum atomic E-state index is 12.8. The quantitative estimate of drug-likeness (QED) is 0.817. The van der Waals surface area contributed by atoms with Crippen LogP contribution in [0.25, 0.3) is 0 Å². The zero-order valence-electron chi connectivity index (χ0n) is 14.4. The average molecular weight is 295 g/mol. The number of carbonyl (C=O) groups is 1. The lowest BCUT2D eigenvalue weighted by Crippen LogP contribution is -2.47. The minimum atomic E-state index is 0.0324. The molecule has 1 saturated heterocycles. The Morgan fingerprint density at radius 1 is 1.24 bits per heavy atom. The highest BCUT2D eigenvalue weighted by Crippen LogP contribution is 2.33. The Morgan fingerprint density at radius 3 is 2.38 bits per heavy atom. The molecule has 0 spiro atoms. The van der Waals surface area contributed by atoms with Gasteiger partial charge in [0, 0.05) is 12.6 Å². The number of rotatable bonds is 6. The molecule has 0 radical (unpaired) electrons. The lowest BCUT2D eigenvalue weighted by atomic mass is 10.0. The third kappa shape index (κ3) is 3.98. The summed E-state index contributed by atoms with van der Waals surface area (Å²) in [6.07, 6.45) is 6.41. The Labute approximate surface area is 130 Å². The Kier molecular flexibility index (Phi) is 5.67. The molecule has 4 heteroatoms. The van der Waals surface area contributed by atoms with Crippen LogP contribution in [0.4, 0.5) is 0 Å². The van der Waals surface area contributed by atoms with Crippen LogP contribution >= 0.6 is 0 Å². The van der Waals surface area contributed by atoms with Crippen LogP contribution in [0.1, 0.15) is 52.9 Å². The van der Waals surface area contributed by atoms with Crippen LogP contribution in [0.3, 0.4) is 0 Å². The van der Waals surface area contributed by atoms with Crippen molar-refractivity contribution in [2.24, 2.45) is 11.8 Å². The minimum absolute atomic E-state index is 0.0324. The lowest BCUT2D eigenvalue weighted by Gasteiger charge is -2.33. The van der Waals surface area contributed by atoms with E-state index in [1.54, 1.807) is 0 Å². The zero-order valence-corrected chi connectivity index (χ0v) is 14.4. The molecule has 0 aromatic carbocycles. The van der Waals surface area contributed by atoms with Gasteiger partial charge in [0.15, 0.2) is 0 Å². The molecule has 2 fully saturated rings. The number of amides is 1. The van der Waals surface area contributed by atoms with Crippen molar-refractivity contribution in [3.63, 3.8) is 0 Å². The van der Waals surface area contributed by atoms with Gasteiger partial charge in [-0.15, -0.1) is 0 Å². The Balaban J connectivity index is 2.09. The lowest BCUT2D eigenvalue weighted by molar-refractivity contribution is -0.131. The van der Waals surface area contributed by atoms with E-state index in [0.717, 1.165) is 13.0 Å². The molecule has 0 bridgehead atoms. The summed E-state index contributed by atoms with van der Waals surface area (Å²) in [5, 5.41) is 3.67. The summed E-state index contributed by atoms with van der Waals surface area (Å²) in [4.78, 5) is 17.2. The number of nitrogens with one attached hydrogen (secondary N) is 1. The molecule has 2 aliphatic rings. The topological polar surface area (TPSA) is 35.6 Å². The summed E-state index contributed by atoms with van der Waals surface area (Å²) in [7, 11) is 4.18. The summed E-state index contributed by atoms with van der Waals surface area (Å²) in [5.74, 6) is 1.54. The Bertz CT molecular complexity index is 350. The van der Waals surface area contributed by atoms with Crippen LogP contribution in [0.2, 0.25) is 0 Å². The van der Waals surface area contributed by atoms with E-state index in [0.29, 0.717) is 23.8 Å². The molecule has 3 unspecified atom stereocenters. The zero-order chi connectivity index (χ0) is 15.6. The fourth-order valence-corrected chi connectivity index (χ4v) is 3.66. The maximum Gasteiger partial charge on any atom is 0.241 e. The van der Waals surface area contributed by atoms with E-state index in [4.69, 9.17) is 0 Å². The van der Waals surface area contributed by atoms with E-state index in [9.17, 15) is 4.79 Å². The van der Waals surface area contributed by atoms with E-state index in [-0.39, 0.29) is 12.2 Å². The van der Waals surface area contributed by atoms with Gasteiger partial charge < -0.3 is 9.80 Å². The SMILES string of the molecule is CC(C)CC1NC(C2CCCC2)N(CC(C)N(C)C)C1=O. The highest BCUT2D eigenvalue weighted by Gasteiger charge is 2.43. The summed E-state index contributed by atoms with van der Waals surface area (Å²) >= 11 is 0. The first-order chi connectivity index (χ1) is 9.90. The molecule has 4 nitrogen and oxygen atoms in total. The van der Waals surface area contributed by atoms with Crippen LogP contribution in [-0.4, -0.2) is 54.6 Å². The maximum absolute atomic E-state index is 12.8. The fourth-order valence-electron chi connectivity index (χ4n) is 3.66. The van der Waals surface area contributed by atoms with Gasteiger partial charge in [0.05, 0.1) is 12.2 Å². The molecule has 3 atom stereocenters. The molecule has 122 valence electrons. The van der Waals surface area contributed by atoms with Crippen LogP contribution in [0.15, 0.2) is 0 Å². The molecule has 1 N–H and O–H groups in total. The fraction of sp³-hybridized carbons (Fsp3) is 0.941. The molecule has 1 saturated carbocycles. The van der Waals surface area contributed by atoms with Gasteiger partial charge in [-0.3, -0.25) is 10.1 Å². The van der Waals surface area contributed by atoms with Crippen LogP contribution < -0.4 is 5.32 Å². The summed E-state index contributed by atoms with van der Waals surface area (Å²) < 4.78 is 0. The Hall–Kier alpha value is -0.610. The number of hydrogen-bond donors (Lipinski definition) is 1. The number of carbonyl (C=O) groups excluding carboxylic acids is 1. The van der Waals surface area contributed by atoms with E-state index in [2.05, 4.69) is 50.0 Å². The molecular formula is C17H33N3O. The molecule has 1 aliphatic carbocycles. The second-order valence-corrected chi connectivity index (χ2v) is 7.64. The second-order valence-electron chi connectivity index (χ2n) is 7.64. The summed E-state index contributed by atoms with van der Waals surface area (Å²) in [5.41, 5.74) is 0. The van der Waals surface area contributed by atoms with E-state index in [1.165, 1.54) is 25.7 Å². The van der Waals surface area contributed by atoms with Crippen molar-refractivity contribution in [2.75, 3.05) is 20.6 Å². The molecule has 21 heavy (non-hydrogen) atoms. The number of hydrogen-bond acceptors (Lipinski definition) is 3. The van der Waals surface area contributed by atoms with Crippen molar-refractivity contribution in [3.05, 3.63) is 0 Å². The van der Waals surface area contributed by atoms with E-state index in [1.807, 2.05) is 0 Å². The van der Waals surface area contributed by atoms with Crippen molar-refractivity contribution < 1.29 is 4.79 Å². The smallest absolute Gasteiger partial charge is 0.241 e. The predicted octanol–water partition coefficient (Wildman–Crippen LogP) is 2.30. The number of nitrogens with zero attached hydrogens (tertiary/aromatic N) is 2. The van der Waals surface area contributed by atoms with Gasteiger partial charge in [-0.05, 0) is 52.1 Å². The van der Waals surface area contributed by atoms with Gasteiger partial charge in [0.2, 0.25) is 5.91 Å². The van der Waals surface area contributed by atoms with Gasteiger partial charge >= 0.3 is 0 Å². The predicted molar refractivity (Wildman–Crippen MR) is 87.0 cm³/mol. The van der Waals surface area contributed by atoms with Gasteiger partial charge in [0.1, 0.15) is 0 Å². The summed E-state index contributed by atoms with van der Waals surface area (Å²) in [6.45, 7) is 7.44. The van der Waals surface area contributed by atoms with E-state index < -0.39 is 0 Å². The van der Waals surface area contributed by atoms with Gasteiger partial charge in [-0.1, -0.05) is 26.7 Å².